The van der Waals surface area contributed by atoms with Gasteiger partial charge in [-0.1, -0.05) is 30.3 Å². The summed E-state index contributed by atoms with van der Waals surface area (Å²) in [6.45, 7) is 7.48. The Morgan fingerprint density at radius 1 is 0.939 bits per heavy atom. The zero-order chi connectivity index (χ0) is 23.5. The average Bonchev–Trinajstić information content (AvgIpc) is 2.82. The van der Waals surface area contributed by atoms with E-state index < -0.39 is 0 Å². The highest BCUT2D eigenvalue weighted by atomic mass is 16.5. The molecule has 0 saturated heterocycles. The molecule has 0 aliphatic carbocycles. The van der Waals surface area contributed by atoms with E-state index in [4.69, 9.17) is 9.47 Å². The Morgan fingerprint density at radius 2 is 1.61 bits per heavy atom. The Kier molecular flexibility index (Phi) is 6.36. The first-order valence-electron chi connectivity index (χ1n) is 11.1. The molecule has 170 valence electrons. The maximum Gasteiger partial charge on any atom is 0.338 e. The third kappa shape index (κ3) is 4.29. The number of hydrogen-bond donors (Lipinski definition) is 1. The van der Waals surface area contributed by atoms with E-state index in [1.165, 1.54) is 14.0 Å². The van der Waals surface area contributed by atoms with Crippen molar-refractivity contribution in [3.63, 3.8) is 0 Å². The average molecular weight is 445 g/mol. The Bertz CT molecular complexity index is 1200. The number of rotatable bonds is 6. The molecule has 33 heavy (non-hydrogen) atoms. The number of esters is 1. The minimum absolute atomic E-state index is 0.150. The molecule has 1 aliphatic heterocycles. The van der Waals surface area contributed by atoms with Gasteiger partial charge in [0, 0.05) is 60.6 Å². The molecule has 0 spiro atoms. The van der Waals surface area contributed by atoms with Crippen LogP contribution in [0.25, 0.3) is 0 Å². The van der Waals surface area contributed by atoms with Gasteiger partial charge in [-0.05, 0) is 37.6 Å². The summed E-state index contributed by atoms with van der Waals surface area (Å²) in [5.74, 6) is 0.625. The highest BCUT2D eigenvalue weighted by molar-refractivity contribution is 5.92. The standard InChI is InChI=1S/C27H28N2O4/c1-5-29(6-2)19-12-14-23-25(16-19)33-24-15-18(28-17(3)30)11-13-22(24)26(23)20-9-7-8-10-21(20)27(31)32-4/h7-16,26H,5-6H2,1-4H3,(H,28,30). The van der Waals surface area contributed by atoms with Crippen LogP contribution in [0.4, 0.5) is 11.4 Å². The minimum atomic E-state index is -0.380. The van der Waals surface area contributed by atoms with Crippen LogP contribution < -0.4 is 15.0 Å². The Labute approximate surface area is 194 Å². The molecule has 1 N–H and O–H groups in total. The van der Waals surface area contributed by atoms with Crippen molar-refractivity contribution >= 4 is 23.3 Å². The first kappa shape index (κ1) is 22.4. The van der Waals surface area contributed by atoms with Gasteiger partial charge in [0.05, 0.1) is 12.7 Å². The van der Waals surface area contributed by atoms with Gasteiger partial charge in [0.25, 0.3) is 0 Å². The molecule has 0 aromatic heterocycles. The molecule has 1 amide bonds. The number of hydrogen-bond acceptors (Lipinski definition) is 5. The number of amides is 1. The number of benzene rings is 3. The molecule has 1 unspecified atom stereocenters. The van der Waals surface area contributed by atoms with Gasteiger partial charge >= 0.3 is 5.97 Å². The fourth-order valence-corrected chi connectivity index (χ4v) is 4.44. The summed E-state index contributed by atoms with van der Waals surface area (Å²) >= 11 is 0. The second kappa shape index (κ2) is 9.36. The van der Waals surface area contributed by atoms with Crippen molar-refractivity contribution in [1.82, 2.24) is 0 Å². The Hall–Kier alpha value is -3.80. The molecular weight excluding hydrogens is 416 g/mol. The summed E-state index contributed by atoms with van der Waals surface area (Å²) in [5, 5.41) is 2.82. The summed E-state index contributed by atoms with van der Waals surface area (Å²) < 4.78 is 11.4. The molecule has 3 aromatic rings. The van der Waals surface area contributed by atoms with Crippen LogP contribution in [0.2, 0.25) is 0 Å². The van der Waals surface area contributed by atoms with Crippen molar-refractivity contribution in [2.75, 3.05) is 30.4 Å². The van der Waals surface area contributed by atoms with Crippen molar-refractivity contribution < 1.29 is 19.1 Å². The lowest BCUT2D eigenvalue weighted by atomic mass is 9.80. The van der Waals surface area contributed by atoms with E-state index in [9.17, 15) is 9.59 Å². The molecule has 6 nitrogen and oxygen atoms in total. The lowest BCUT2D eigenvalue weighted by Crippen LogP contribution is -2.22. The van der Waals surface area contributed by atoms with Crippen LogP contribution in [0.1, 0.15) is 53.7 Å². The summed E-state index contributed by atoms with van der Waals surface area (Å²) in [5.41, 5.74) is 4.98. The zero-order valence-corrected chi connectivity index (χ0v) is 19.3. The van der Waals surface area contributed by atoms with Gasteiger partial charge in [-0.15, -0.1) is 0 Å². The number of nitrogens with one attached hydrogen (secondary N) is 1. The van der Waals surface area contributed by atoms with Gasteiger partial charge < -0.3 is 19.7 Å². The van der Waals surface area contributed by atoms with Crippen molar-refractivity contribution in [3.8, 4) is 11.5 Å². The molecule has 0 bridgehead atoms. The lowest BCUT2D eigenvalue weighted by Gasteiger charge is -2.31. The largest absolute Gasteiger partial charge is 0.465 e. The summed E-state index contributed by atoms with van der Waals surface area (Å²) in [6.07, 6.45) is 0. The molecule has 6 heteroatoms. The van der Waals surface area contributed by atoms with E-state index in [-0.39, 0.29) is 17.8 Å². The van der Waals surface area contributed by atoms with E-state index in [1.54, 1.807) is 6.07 Å². The van der Waals surface area contributed by atoms with E-state index in [0.717, 1.165) is 41.2 Å². The fraction of sp³-hybridized carbons (Fsp3) is 0.259. The van der Waals surface area contributed by atoms with Crippen molar-refractivity contribution in [3.05, 3.63) is 82.9 Å². The molecular formula is C27H28N2O4. The van der Waals surface area contributed by atoms with Gasteiger partial charge in [0.1, 0.15) is 11.5 Å². The van der Waals surface area contributed by atoms with Crippen LogP contribution in [0, 0.1) is 0 Å². The highest BCUT2D eigenvalue weighted by Gasteiger charge is 2.32. The number of nitrogens with zero attached hydrogens (tertiary/aromatic N) is 1. The molecule has 0 fully saturated rings. The smallest absolute Gasteiger partial charge is 0.338 e. The topological polar surface area (TPSA) is 67.9 Å². The third-order valence-electron chi connectivity index (χ3n) is 5.98. The van der Waals surface area contributed by atoms with E-state index >= 15 is 0 Å². The predicted molar refractivity (Wildman–Crippen MR) is 130 cm³/mol. The van der Waals surface area contributed by atoms with Gasteiger partial charge in [0.2, 0.25) is 5.91 Å². The normalized spacial score (nSPS) is 13.9. The van der Waals surface area contributed by atoms with Gasteiger partial charge in [-0.25, -0.2) is 4.79 Å². The number of carbonyl (C=O) groups is 2. The zero-order valence-electron chi connectivity index (χ0n) is 19.3. The number of anilines is 2. The fourth-order valence-electron chi connectivity index (χ4n) is 4.44. The number of carbonyl (C=O) groups excluding carboxylic acids is 2. The van der Waals surface area contributed by atoms with Crippen molar-refractivity contribution in [2.45, 2.75) is 26.7 Å². The third-order valence-corrected chi connectivity index (χ3v) is 5.98. The van der Waals surface area contributed by atoms with Crippen LogP contribution in [-0.2, 0) is 9.53 Å². The second-order valence-electron chi connectivity index (χ2n) is 7.94. The van der Waals surface area contributed by atoms with Gasteiger partial charge in [-0.2, -0.15) is 0 Å². The monoisotopic (exact) mass is 444 g/mol. The van der Waals surface area contributed by atoms with E-state index in [1.807, 2.05) is 42.5 Å². The maximum atomic E-state index is 12.6. The summed E-state index contributed by atoms with van der Waals surface area (Å²) in [4.78, 5) is 26.4. The molecule has 3 aromatic carbocycles. The van der Waals surface area contributed by atoms with Gasteiger partial charge in [0.15, 0.2) is 0 Å². The van der Waals surface area contributed by atoms with Crippen LogP contribution >= 0.6 is 0 Å². The predicted octanol–water partition coefficient (Wildman–Crippen LogP) is 5.56. The van der Waals surface area contributed by atoms with Crippen LogP contribution in [-0.4, -0.2) is 32.1 Å². The molecule has 1 aliphatic rings. The molecule has 1 heterocycles. The maximum absolute atomic E-state index is 12.6. The Morgan fingerprint density at radius 3 is 2.27 bits per heavy atom. The SMILES string of the molecule is CCN(CC)c1ccc2c(c1)Oc1cc(NC(C)=O)ccc1C2c1ccccc1C(=O)OC. The number of fused-ring (bicyclic) bond motifs is 2. The van der Waals surface area contributed by atoms with E-state index in [0.29, 0.717) is 17.0 Å². The minimum Gasteiger partial charge on any atom is -0.465 e. The highest BCUT2D eigenvalue weighted by Crippen LogP contribution is 2.49. The van der Waals surface area contributed by atoms with Gasteiger partial charge in [-0.3, -0.25) is 4.79 Å². The molecule has 4 rings (SSSR count). The lowest BCUT2D eigenvalue weighted by molar-refractivity contribution is -0.114. The quantitative estimate of drug-likeness (QED) is 0.394. The number of ether oxygens (including phenoxy) is 2. The van der Waals surface area contributed by atoms with Crippen LogP contribution in [0.3, 0.4) is 0 Å². The number of methoxy groups -OCH3 is 1. The van der Waals surface area contributed by atoms with Crippen LogP contribution in [0.15, 0.2) is 60.7 Å². The Balaban J connectivity index is 1.92. The first-order chi connectivity index (χ1) is 16.0. The summed E-state index contributed by atoms with van der Waals surface area (Å²) in [7, 11) is 1.39. The van der Waals surface area contributed by atoms with E-state index in [2.05, 4.69) is 36.2 Å². The summed E-state index contributed by atoms with van der Waals surface area (Å²) in [6, 6.07) is 19.3. The van der Waals surface area contributed by atoms with Crippen LogP contribution in [0.5, 0.6) is 11.5 Å². The molecule has 0 radical (unpaired) electrons. The van der Waals surface area contributed by atoms with Crippen molar-refractivity contribution in [1.29, 1.82) is 0 Å². The molecule has 0 saturated carbocycles. The molecule has 1 atom stereocenters. The first-order valence-corrected chi connectivity index (χ1v) is 11.1. The van der Waals surface area contributed by atoms with Crippen molar-refractivity contribution in [2.24, 2.45) is 0 Å². The second-order valence-corrected chi connectivity index (χ2v) is 7.94.